The van der Waals surface area contributed by atoms with Crippen LogP contribution in [0.25, 0.3) is 0 Å². The Balaban J connectivity index is 1.99. The molecule has 1 N–H and O–H groups in total. The van der Waals surface area contributed by atoms with Crippen LogP contribution in [0.5, 0.6) is 0 Å². The molecule has 1 aromatic rings. The van der Waals surface area contributed by atoms with Crippen molar-refractivity contribution in [3.05, 3.63) is 11.7 Å². The molecule has 16 heavy (non-hydrogen) atoms. The monoisotopic (exact) mass is 225 g/mol. The van der Waals surface area contributed by atoms with Crippen LogP contribution in [0.2, 0.25) is 0 Å². The number of aromatic nitrogens is 2. The zero-order valence-electron chi connectivity index (χ0n) is 9.90. The second-order valence-electron chi connectivity index (χ2n) is 4.34. The van der Waals surface area contributed by atoms with Gasteiger partial charge in [-0.1, -0.05) is 12.1 Å². The maximum Gasteiger partial charge on any atom is 0.244 e. The molecular weight excluding hydrogens is 206 g/mol. The fourth-order valence-corrected chi connectivity index (χ4v) is 2.07. The minimum Gasteiger partial charge on any atom is -0.384 e. The number of hydrogen-bond donors (Lipinski definition) is 1. The largest absolute Gasteiger partial charge is 0.384 e. The van der Waals surface area contributed by atoms with Crippen molar-refractivity contribution in [1.29, 1.82) is 0 Å². The van der Waals surface area contributed by atoms with Gasteiger partial charge in [0.05, 0.1) is 12.6 Å². The van der Waals surface area contributed by atoms with Gasteiger partial charge in [0, 0.05) is 13.5 Å². The zero-order chi connectivity index (χ0) is 11.4. The lowest BCUT2D eigenvalue weighted by Gasteiger charge is -2.26. The molecule has 2 heterocycles. The molecular formula is C11H19N3O2. The van der Waals surface area contributed by atoms with Crippen LogP contribution in [0, 0.1) is 5.92 Å². The van der Waals surface area contributed by atoms with Crippen LogP contribution in [-0.4, -0.2) is 30.4 Å². The van der Waals surface area contributed by atoms with Crippen LogP contribution >= 0.6 is 0 Å². The number of piperidine rings is 1. The smallest absolute Gasteiger partial charge is 0.244 e. The van der Waals surface area contributed by atoms with Gasteiger partial charge in [-0.05, 0) is 25.3 Å². The predicted octanol–water partition coefficient (Wildman–Crippen LogP) is 1.32. The Morgan fingerprint density at radius 2 is 2.44 bits per heavy atom. The van der Waals surface area contributed by atoms with Crippen LogP contribution in [0.4, 0.5) is 0 Å². The Morgan fingerprint density at radius 1 is 1.56 bits per heavy atom. The molecule has 0 saturated carbocycles. The molecule has 0 amide bonds. The predicted molar refractivity (Wildman–Crippen MR) is 59.0 cm³/mol. The second-order valence-corrected chi connectivity index (χ2v) is 4.34. The normalized spacial score (nSPS) is 25.9. The SMILES string of the molecule is COCCc1noc(C2NCCCC2C)n1. The first-order valence-electron chi connectivity index (χ1n) is 5.86. The van der Waals surface area contributed by atoms with Crippen LogP contribution in [0.3, 0.4) is 0 Å². The lowest BCUT2D eigenvalue weighted by Crippen LogP contribution is -2.33. The van der Waals surface area contributed by atoms with Gasteiger partial charge in [-0.15, -0.1) is 0 Å². The summed E-state index contributed by atoms with van der Waals surface area (Å²) in [5.74, 6) is 2.01. The molecule has 0 aliphatic carbocycles. The Morgan fingerprint density at radius 3 is 3.19 bits per heavy atom. The number of ether oxygens (including phenoxy) is 1. The Hall–Kier alpha value is -0.940. The quantitative estimate of drug-likeness (QED) is 0.837. The molecule has 5 heteroatoms. The van der Waals surface area contributed by atoms with E-state index in [9.17, 15) is 0 Å². The highest BCUT2D eigenvalue weighted by Gasteiger charge is 2.27. The highest BCUT2D eigenvalue weighted by Crippen LogP contribution is 2.27. The second kappa shape index (κ2) is 5.41. The van der Waals surface area contributed by atoms with Crippen LogP contribution < -0.4 is 5.32 Å². The lowest BCUT2D eigenvalue weighted by atomic mass is 9.93. The molecule has 2 rings (SSSR count). The maximum absolute atomic E-state index is 5.29. The van der Waals surface area contributed by atoms with Gasteiger partial charge in [-0.3, -0.25) is 0 Å². The van der Waals surface area contributed by atoms with Crippen molar-refractivity contribution in [2.75, 3.05) is 20.3 Å². The third-order valence-corrected chi connectivity index (χ3v) is 3.05. The molecule has 2 unspecified atom stereocenters. The minimum absolute atomic E-state index is 0.220. The van der Waals surface area contributed by atoms with Crippen molar-refractivity contribution in [3.63, 3.8) is 0 Å². The molecule has 1 fully saturated rings. The summed E-state index contributed by atoms with van der Waals surface area (Å²) in [4.78, 5) is 4.40. The molecule has 0 radical (unpaired) electrons. The lowest BCUT2D eigenvalue weighted by molar-refractivity contribution is 0.199. The van der Waals surface area contributed by atoms with Gasteiger partial charge in [0.25, 0.3) is 0 Å². The molecule has 0 aromatic carbocycles. The highest BCUT2D eigenvalue weighted by atomic mass is 16.5. The summed E-state index contributed by atoms with van der Waals surface area (Å²) in [5.41, 5.74) is 0. The Labute approximate surface area is 95.6 Å². The van der Waals surface area contributed by atoms with E-state index in [1.165, 1.54) is 12.8 Å². The highest BCUT2D eigenvalue weighted by molar-refractivity contribution is 4.96. The van der Waals surface area contributed by atoms with E-state index in [1.54, 1.807) is 7.11 Å². The molecule has 2 atom stereocenters. The van der Waals surface area contributed by atoms with E-state index in [0.717, 1.165) is 18.3 Å². The van der Waals surface area contributed by atoms with E-state index in [0.29, 0.717) is 18.9 Å². The van der Waals surface area contributed by atoms with Gasteiger partial charge in [0.2, 0.25) is 5.89 Å². The van der Waals surface area contributed by atoms with Crippen molar-refractivity contribution in [2.45, 2.75) is 32.2 Å². The molecule has 0 bridgehead atoms. The van der Waals surface area contributed by atoms with Gasteiger partial charge in [0.1, 0.15) is 0 Å². The van der Waals surface area contributed by atoms with Crippen molar-refractivity contribution in [3.8, 4) is 0 Å². The summed E-state index contributed by atoms with van der Waals surface area (Å²) >= 11 is 0. The molecule has 1 aliphatic rings. The zero-order valence-corrected chi connectivity index (χ0v) is 9.90. The molecule has 90 valence electrons. The summed E-state index contributed by atoms with van der Waals surface area (Å²) in [6, 6.07) is 0.220. The van der Waals surface area contributed by atoms with E-state index >= 15 is 0 Å². The summed E-state index contributed by atoms with van der Waals surface area (Å²) in [6.07, 6.45) is 3.15. The number of nitrogens with zero attached hydrogens (tertiary/aromatic N) is 2. The van der Waals surface area contributed by atoms with Gasteiger partial charge in [0.15, 0.2) is 5.82 Å². The average molecular weight is 225 g/mol. The first-order chi connectivity index (χ1) is 7.81. The number of hydrogen-bond acceptors (Lipinski definition) is 5. The summed E-state index contributed by atoms with van der Waals surface area (Å²) in [5, 5.41) is 7.38. The average Bonchev–Trinajstić information content (AvgIpc) is 2.75. The molecule has 1 aliphatic heterocycles. The standard InChI is InChI=1S/C11H19N3O2/c1-8-4-3-6-12-10(8)11-13-9(14-16-11)5-7-15-2/h8,10,12H,3-7H2,1-2H3. The van der Waals surface area contributed by atoms with E-state index in [1.807, 2.05) is 0 Å². The Bertz CT molecular complexity index is 327. The molecule has 1 aromatic heterocycles. The van der Waals surface area contributed by atoms with Gasteiger partial charge >= 0.3 is 0 Å². The maximum atomic E-state index is 5.29. The van der Waals surface area contributed by atoms with Crippen molar-refractivity contribution in [1.82, 2.24) is 15.5 Å². The van der Waals surface area contributed by atoms with Crippen molar-refractivity contribution in [2.24, 2.45) is 5.92 Å². The molecule has 1 saturated heterocycles. The first kappa shape index (κ1) is 11.5. The van der Waals surface area contributed by atoms with E-state index in [4.69, 9.17) is 9.26 Å². The number of nitrogens with one attached hydrogen (secondary N) is 1. The van der Waals surface area contributed by atoms with Gasteiger partial charge in [-0.2, -0.15) is 4.98 Å². The Kier molecular flexibility index (Phi) is 3.90. The molecule has 0 spiro atoms. The number of rotatable bonds is 4. The van der Waals surface area contributed by atoms with Crippen LogP contribution in [-0.2, 0) is 11.2 Å². The summed E-state index contributed by atoms with van der Waals surface area (Å²) in [7, 11) is 1.67. The molecule has 5 nitrogen and oxygen atoms in total. The van der Waals surface area contributed by atoms with Crippen molar-refractivity contribution >= 4 is 0 Å². The fourth-order valence-electron chi connectivity index (χ4n) is 2.07. The topological polar surface area (TPSA) is 60.2 Å². The van der Waals surface area contributed by atoms with Crippen LogP contribution in [0.1, 0.15) is 37.5 Å². The third-order valence-electron chi connectivity index (χ3n) is 3.05. The van der Waals surface area contributed by atoms with Crippen LogP contribution in [0.15, 0.2) is 4.52 Å². The van der Waals surface area contributed by atoms with E-state index in [2.05, 4.69) is 22.4 Å². The third kappa shape index (κ3) is 2.59. The minimum atomic E-state index is 0.220. The van der Waals surface area contributed by atoms with E-state index < -0.39 is 0 Å². The van der Waals surface area contributed by atoms with Crippen molar-refractivity contribution < 1.29 is 9.26 Å². The first-order valence-corrected chi connectivity index (χ1v) is 5.86. The number of methoxy groups -OCH3 is 1. The van der Waals surface area contributed by atoms with Gasteiger partial charge < -0.3 is 14.6 Å². The van der Waals surface area contributed by atoms with Gasteiger partial charge in [-0.25, -0.2) is 0 Å². The van der Waals surface area contributed by atoms with E-state index in [-0.39, 0.29) is 6.04 Å². The summed E-state index contributed by atoms with van der Waals surface area (Å²) < 4.78 is 10.3. The summed E-state index contributed by atoms with van der Waals surface area (Å²) in [6.45, 7) is 3.88. The fraction of sp³-hybridized carbons (Fsp3) is 0.818.